The van der Waals surface area contributed by atoms with Crippen molar-refractivity contribution < 1.29 is 23.4 Å². The first-order chi connectivity index (χ1) is 20.3. The first-order valence-electron chi connectivity index (χ1n) is 13.4. The average molecular weight is 602 g/mol. The van der Waals surface area contributed by atoms with E-state index in [4.69, 9.17) is 14.2 Å². The molecule has 15 heteroatoms. The van der Waals surface area contributed by atoms with E-state index in [1.165, 1.54) is 65.5 Å². The molecule has 0 bridgehead atoms. The van der Waals surface area contributed by atoms with Crippen LogP contribution in [0, 0.1) is 12.7 Å². The quantitative estimate of drug-likeness (QED) is 0.244. The number of ether oxygens (including phenoxy) is 3. The fourth-order valence-corrected chi connectivity index (χ4v) is 6.22. The zero-order valence-electron chi connectivity index (χ0n) is 23.5. The third-order valence-corrected chi connectivity index (χ3v) is 8.41. The van der Waals surface area contributed by atoms with E-state index in [1.807, 2.05) is 0 Å². The molecule has 1 aromatic carbocycles. The standard InChI is InChI=1S/C27H32FN7O6S/c1-17-22-23(36)33(12-11-32-10-4-7-29-26(32)37)27(38)34(25(22)42-24(17)35-30-8-9-31-35)16-21(41-14-13-39-2)19-15-18(28)5-6-20(19)40-3/h5-6,8-9,15,21H,4,7,10-14,16H2,1-3H3,(H,29,37)/t21-/m0/s1. The van der Waals surface area contributed by atoms with Crippen LogP contribution in [0.2, 0.25) is 0 Å². The zero-order chi connectivity index (χ0) is 29.8. The molecule has 42 heavy (non-hydrogen) atoms. The summed E-state index contributed by atoms with van der Waals surface area (Å²) in [6.07, 6.45) is 2.98. The van der Waals surface area contributed by atoms with Crippen LogP contribution in [0.1, 0.15) is 23.7 Å². The summed E-state index contributed by atoms with van der Waals surface area (Å²) in [6.45, 7) is 3.42. The van der Waals surface area contributed by atoms with Crippen LogP contribution in [0.15, 0.2) is 40.2 Å². The van der Waals surface area contributed by atoms with Crippen LogP contribution in [0.4, 0.5) is 9.18 Å². The second-order valence-electron chi connectivity index (χ2n) is 9.69. The lowest BCUT2D eigenvalue weighted by Gasteiger charge is -2.27. The number of hydrogen-bond donors (Lipinski definition) is 1. The third-order valence-electron chi connectivity index (χ3n) is 7.12. The highest BCUT2D eigenvalue weighted by Crippen LogP contribution is 2.33. The summed E-state index contributed by atoms with van der Waals surface area (Å²) in [5, 5.41) is 12.1. The highest BCUT2D eigenvalue weighted by molar-refractivity contribution is 7.21. The SMILES string of the molecule is COCCO[C@@H](Cn1c(=O)n(CCN2CCCNC2=O)c(=O)c2c(C)c(-n3nccn3)sc21)c1cc(F)ccc1OC. The molecule has 224 valence electrons. The minimum Gasteiger partial charge on any atom is -0.496 e. The van der Waals surface area contributed by atoms with Crippen LogP contribution >= 0.6 is 11.3 Å². The number of halogens is 1. The molecule has 0 saturated carbocycles. The number of amides is 2. The number of thiophene rings is 1. The van der Waals surface area contributed by atoms with Gasteiger partial charge in [-0.3, -0.25) is 13.9 Å². The number of hydrogen-bond acceptors (Lipinski definition) is 9. The number of methoxy groups -OCH3 is 2. The van der Waals surface area contributed by atoms with E-state index in [2.05, 4.69) is 15.5 Å². The van der Waals surface area contributed by atoms with Crippen LogP contribution in [-0.2, 0) is 22.6 Å². The van der Waals surface area contributed by atoms with Crippen molar-refractivity contribution in [1.29, 1.82) is 0 Å². The predicted molar refractivity (Wildman–Crippen MR) is 153 cm³/mol. The van der Waals surface area contributed by atoms with E-state index >= 15 is 0 Å². The van der Waals surface area contributed by atoms with Crippen molar-refractivity contribution in [2.75, 3.05) is 47.1 Å². The molecule has 0 radical (unpaired) electrons. The number of rotatable bonds is 12. The van der Waals surface area contributed by atoms with Gasteiger partial charge in [-0.2, -0.15) is 10.2 Å². The molecular formula is C27H32FN7O6S. The molecule has 5 rings (SSSR count). The molecule has 1 atom stereocenters. The minimum atomic E-state index is -0.834. The second-order valence-corrected chi connectivity index (χ2v) is 10.7. The Hall–Kier alpha value is -4.08. The summed E-state index contributed by atoms with van der Waals surface area (Å²) in [4.78, 5) is 43.6. The maximum atomic E-state index is 14.4. The molecule has 1 fully saturated rings. The first-order valence-corrected chi connectivity index (χ1v) is 14.3. The molecule has 4 aromatic rings. The lowest BCUT2D eigenvalue weighted by molar-refractivity contribution is 0.00641. The third kappa shape index (κ3) is 5.80. The van der Waals surface area contributed by atoms with Crippen molar-refractivity contribution in [1.82, 2.24) is 34.3 Å². The van der Waals surface area contributed by atoms with Gasteiger partial charge in [0.15, 0.2) is 0 Å². The Balaban J connectivity index is 1.65. The monoisotopic (exact) mass is 601 g/mol. The zero-order valence-corrected chi connectivity index (χ0v) is 24.4. The van der Waals surface area contributed by atoms with Crippen molar-refractivity contribution in [3.63, 3.8) is 0 Å². The van der Waals surface area contributed by atoms with Gasteiger partial charge in [0.2, 0.25) is 0 Å². The van der Waals surface area contributed by atoms with Crippen molar-refractivity contribution in [2.45, 2.75) is 32.5 Å². The van der Waals surface area contributed by atoms with Gasteiger partial charge in [0.05, 0.1) is 44.6 Å². The van der Waals surface area contributed by atoms with E-state index in [-0.39, 0.29) is 38.9 Å². The highest BCUT2D eigenvalue weighted by Gasteiger charge is 2.26. The van der Waals surface area contributed by atoms with Crippen LogP contribution in [0.3, 0.4) is 0 Å². The molecule has 3 aromatic heterocycles. The molecule has 1 N–H and O–H groups in total. The van der Waals surface area contributed by atoms with Crippen molar-refractivity contribution in [2.24, 2.45) is 0 Å². The average Bonchev–Trinajstić information content (AvgIpc) is 3.63. The number of aromatic nitrogens is 5. The number of nitrogens with one attached hydrogen (secondary N) is 1. The van der Waals surface area contributed by atoms with Crippen LogP contribution in [0.5, 0.6) is 5.75 Å². The van der Waals surface area contributed by atoms with Gasteiger partial charge in [-0.05, 0) is 31.5 Å². The first kappa shape index (κ1) is 29.4. The van der Waals surface area contributed by atoms with Crippen molar-refractivity contribution in [3.05, 3.63) is 68.4 Å². The second kappa shape index (κ2) is 12.8. The van der Waals surface area contributed by atoms with E-state index in [1.54, 1.807) is 11.8 Å². The lowest BCUT2D eigenvalue weighted by atomic mass is 10.1. The Kier molecular flexibility index (Phi) is 8.99. The highest BCUT2D eigenvalue weighted by atomic mass is 32.1. The Morgan fingerprint density at radius 2 is 1.88 bits per heavy atom. The number of urea groups is 1. The molecule has 0 unspecified atom stereocenters. The van der Waals surface area contributed by atoms with Crippen LogP contribution in [-0.4, -0.2) is 82.1 Å². The summed E-state index contributed by atoms with van der Waals surface area (Å²) in [5.74, 6) is -0.108. The van der Waals surface area contributed by atoms with Crippen LogP contribution in [0.25, 0.3) is 15.2 Å². The predicted octanol–water partition coefficient (Wildman–Crippen LogP) is 2.08. The Labute approximate surface area is 244 Å². The van der Waals surface area contributed by atoms with Gasteiger partial charge in [0, 0.05) is 44.4 Å². The fourth-order valence-electron chi connectivity index (χ4n) is 5.00. The van der Waals surface area contributed by atoms with E-state index < -0.39 is 23.2 Å². The minimum absolute atomic E-state index is 0.00977. The summed E-state index contributed by atoms with van der Waals surface area (Å²) < 4.78 is 33.8. The number of fused-ring (bicyclic) bond motifs is 1. The molecule has 0 aliphatic carbocycles. The maximum absolute atomic E-state index is 14.4. The number of nitrogens with zero attached hydrogens (tertiary/aromatic N) is 6. The molecule has 1 aliphatic rings. The van der Waals surface area contributed by atoms with Gasteiger partial charge in [0.25, 0.3) is 5.56 Å². The Morgan fingerprint density at radius 1 is 1.10 bits per heavy atom. The summed E-state index contributed by atoms with van der Waals surface area (Å²) in [5.41, 5.74) is -0.0499. The molecule has 13 nitrogen and oxygen atoms in total. The van der Waals surface area contributed by atoms with Gasteiger partial charge in [-0.25, -0.2) is 14.0 Å². The summed E-state index contributed by atoms with van der Waals surface area (Å²) in [6, 6.07) is 3.85. The Morgan fingerprint density at radius 3 is 2.60 bits per heavy atom. The van der Waals surface area contributed by atoms with Gasteiger partial charge in [0.1, 0.15) is 27.5 Å². The molecule has 2 amide bonds. The van der Waals surface area contributed by atoms with Gasteiger partial charge in [-0.15, -0.1) is 4.80 Å². The van der Waals surface area contributed by atoms with Gasteiger partial charge < -0.3 is 24.4 Å². The topological polar surface area (TPSA) is 135 Å². The van der Waals surface area contributed by atoms with E-state index in [0.29, 0.717) is 45.2 Å². The summed E-state index contributed by atoms with van der Waals surface area (Å²) in [7, 11) is 3.00. The lowest BCUT2D eigenvalue weighted by Crippen LogP contribution is -2.49. The van der Waals surface area contributed by atoms with Gasteiger partial charge in [-0.1, -0.05) is 11.3 Å². The maximum Gasteiger partial charge on any atom is 0.332 e. The molecule has 4 heterocycles. The molecule has 1 aliphatic heterocycles. The van der Waals surface area contributed by atoms with Crippen molar-refractivity contribution in [3.8, 4) is 10.8 Å². The van der Waals surface area contributed by atoms with Crippen molar-refractivity contribution >= 4 is 27.6 Å². The van der Waals surface area contributed by atoms with E-state index in [0.717, 1.165) is 11.0 Å². The normalized spacial score (nSPS) is 14.4. The van der Waals surface area contributed by atoms with Gasteiger partial charge >= 0.3 is 11.7 Å². The smallest absolute Gasteiger partial charge is 0.332 e. The number of aryl methyl sites for hydroxylation is 1. The number of benzene rings is 1. The van der Waals surface area contributed by atoms with E-state index in [9.17, 15) is 18.8 Å². The summed E-state index contributed by atoms with van der Waals surface area (Å²) >= 11 is 1.20. The molecule has 0 spiro atoms. The fraction of sp³-hybridized carbons (Fsp3) is 0.444. The largest absolute Gasteiger partial charge is 0.496 e. The van der Waals surface area contributed by atoms with Crippen LogP contribution < -0.4 is 21.3 Å². The number of carbonyl (C=O) groups is 1. The number of carbonyl (C=O) groups excluding carboxylic acids is 1. The molecular weight excluding hydrogens is 569 g/mol. The Bertz CT molecular complexity index is 1680. The molecule has 1 saturated heterocycles.